The molecule has 118 valence electrons. The molecule has 2 atom stereocenters. The summed E-state index contributed by atoms with van der Waals surface area (Å²) in [7, 11) is 0. The fourth-order valence-corrected chi connectivity index (χ4v) is 4.09. The van der Waals surface area contributed by atoms with Crippen LogP contribution in [0.5, 0.6) is 0 Å². The predicted octanol–water partition coefficient (Wildman–Crippen LogP) is 4.20. The summed E-state index contributed by atoms with van der Waals surface area (Å²) in [6, 6.07) is 0.949. The molecule has 1 saturated carbocycles. The van der Waals surface area contributed by atoms with Gasteiger partial charge >= 0.3 is 0 Å². The van der Waals surface area contributed by atoms with Crippen LogP contribution in [0.4, 0.5) is 0 Å². The van der Waals surface area contributed by atoms with Gasteiger partial charge in [0, 0.05) is 11.6 Å². The molecule has 1 saturated heterocycles. The summed E-state index contributed by atoms with van der Waals surface area (Å²) in [5.41, 5.74) is 0.280. The summed E-state index contributed by atoms with van der Waals surface area (Å²) < 4.78 is 0. The highest BCUT2D eigenvalue weighted by molar-refractivity contribution is 4.87. The van der Waals surface area contributed by atoms with Gasteiger partial charge in [-0.05, 0) is 84.8 Å². The van der Waals surface area contributed by atoms with E-state index in [4.69, 9.17) is 0 Å². The van der Waals surface area contributed by atoms with E-state index in [-0.39, 0.29) is 5.54 Å². The number of unbranched alkanes of at least 4 members (excludes halogenated alkanes) is 2. The fourth-order valence-electron chi connectivity index (χ4n) is 4.09. The molecule has 1 N–H and O–H groups in total. The quantitative estimate of drug-likeness (QED) is 0.734. The molecule has 20 heavy (non-hydrogen) atoms. The van der Waals surface area contributed by atoms with Crippen LogP contribution >= 0.6 is 0 Å². The van der Waals surface area contributed by atoms with Crippen LogP contribution in [0.2, 0.25) is 0 Å². The number of piperidine rings is 1. The Labute approximate surface area is 126 Å². The number of hydrogen-bond acceptors (Lipinski definition) is 2. The number of nitrogens with zero attached hydrogens (tertiary/aromatic N) is 1. The molecule has 0 radical (unpaired) electrons. The Morgan fingerprint density at radius 3 is 2.50 bits per heavy atom. The minimum absolute atomic E-state index is 0.280. The van der Waals surface area contributed by atoms with Crippen LogP contribution in [0.25, 0.3) is 0 Å². The number of rotatable bonds is 6. The van der Waals surface area contributed by atoms with Gasteiger partial charge in [0.05, 0.1) is 0 Å². The smallest absolute Gasteiger partial charge is 0.0123 e. The SMILES string of the molecule is CC(C)(C)NCCCCCN1CCCC2CCCCC21. The molecule has 2 nitrogen and oxygen atoms in total. The highest BCUT2D eigenvalue weighted by atomic mass is 15.2. The van der Waals surface area contributed by atoms with Crippen molar-refractivity contribution in [1.29, 1.82) is 0 Å². The third-order valence-electron chi connectivity index (χ3n) is 5.14. The third-order valence-corrected chi connectivity index (χ3v) is 5.14. The number of likely N-dealkylation sites (tertiary alicyclic amines) is 1. The van der Waals surface area contributed by atoms with Crippen molar-refractivity contribution in [3.05, 3.63) is 0 Å². The molecule has 1 heterocycles. The molecule has 0 spiro atoms. The standard InChI is InChI=1S/C18H36N2/c1-18(2,3)19-13-7-4-8-14-20-15-9-11-16-10-5-6-12-17(16)20/h16-17,19H,4-15H2,1-3H3. The first kappa shape index (κ1) is 16.3. The summed E-state index contributed by atoms with van der Waals surface area (Å²) in [6.07, 6.45) is 13.0. The third kappa shape index (κ3) is 5.37. The Bertz CT molecular complexity index is 267. The van der Waals surface area contributed by atoms with Crippen molar-refractivity contribution in [2.75, 3.05) is 19.6 Å². The molecular weight excluding hydrogens is 244 g/mol. The Balaban J connectivity index is 1.59. The zero-order chi connectivity index (χ0) is 14.4. The first-order chi connectivity index (χ1) is 9.56. The normalized spacial score (nSPS) is 28.4. The molecule has 0 amide bonds. The molecule has 1 aliphatic heterocycles. The zero-order valence-electron chi connectivity index (χ0n) is 14.1. The maximum atomic E-state index is 3.59. The van der Waals surface area contributed by atoms with Gasteiger partial charge in [-0.2, -0.15) is 0 Å². The van der Waals surface area contributed by atoms with Crippen molar-refractivity contribution >= 4 is 0 Å². The van der Waals surface area contributed by atoms with Gasteiger partial charge in [0.25, 0.3) is 0 Å². The van der Waals surface area contributed by atoms with E-state index < -0.39 is 0 Å². The molecule has 0 aromatic carbocycles. The summed E-state index contributed by atoms with van der Waals surface area (Å²) in [4.78, 5) is 2.84. The number of nitrogens with one attached hydrogen (secondary N) is 1. The van der Waals surface area contributed by atoms with Crippen molar-refractivity contribution in [2.24, 2.45) is 5.92 Å². The molecule has 2 unspecified atom stereocenters. The summed E-state index contributed by atoms with van der Waals surface area (Å²) >= 11 is 0. The minimum Gasteiger partial charge on any atom is -0.312 e. The van der Waals surface area contributed by atoms with Crippen LogP contribution < -0.4 is 5.32 Å². The van der Waals surface area contributed by atoms with Gasteiger partial charge in [0.1, 0.15) is 0 Å². The average molecular weight is 280 g/mol. The molecule has 0 aromatic rings. The molecule has 2 rings (SSSR count). The van der Waals surface area contributed by atoms with Crippen LogP contribution in [0.15, 0.2) is 0 Å². The van der Waals surface area contributed by atoms with Crippen molar-refractivity contribution in [3.63, 3.8) is 0 Å². The second kappa shape index (κ2) is 7.79. The van der Waals surface area contributed by atoms with Crippen LogP contribution in [0, 0.1) is 5.92 Å². The van der Waals surface area contributed by atoms with E-state index in [1.165, 1.54) is 77.4 Å². The van der Waals surface area contributed by atoms with E-state index in [1.54, 1.807) is 0 Å². The lowest BCUT2D eigenvalue weighted by molar-refractivity contribution is 0.0595. The molecule has 2 aliphatic rings. The van der Waals surface area contributed by atoms with E-state index >= 15 is 0 Å². The van der Waals surface area contributed by atoms with Gasteiger partial charge in [-0.15, -0.1) is 0 Å². The summed E-state index contributed by atoms with van der Waals surface area (Å²) in [6.45, 7) is 10.7. The van der Waals surface area contributed by atoms with Crippen LogP contribution in [0.3, 0.4) is 0 Å². The molecule has 2 fully saturated rings. The highest BCUT2D eigenvalue weighted by Gasteiger charge is 2.32. The molecule has 0 aromatic heterocycles. The van der Waals surface area contributed by atoms with Crippen molar-refractivity contribution in [1.82, 2.24) is 10.2 Å². The van der Waals surface area contributed by atoms with Crippen molar-refractivity contribution in [2.45, 2.75) is 90.1 Å². The molecule has 0 bridgehead atoms. The van der Waals surface area contributed by atoms with Gasteiger partial charge < -0.3 is 10.2 Å². The second-order valence-corrected chi connectivity index (χ2v) is 8.03. The van der Waals surface area contributed by atoms with E-state index in [1.807, 2.05) is 0 Å². The van der Waals surface area contributed by atoms with Gasteiger partial charge in [0.15, 0.2) is 0 Å². The Kier molecular flexibility index (Phi) is 6.35. The number of hydrogen-bond donors (Lipinski definition) is 1. The number of fused-ring (bicyclic) bond motifs is 1. The minimum atomic E-state index is 0.280. The van der Waals surface area contributed by atoms with E-state index in [0.29, 0.717) is 0 Å². The lowest BCUT2D eigenvalue weighted by Gasteiger charge is -2.44. The predicted molar refractivity (Wildman–Crippen MR) is 88.2 cm³/mol. The lowest BCUT2D eigenvalue weighted by Crippen LogP contribution is -2.47. The van der Waals surface area contributed by atoms with Crippen LogP contribution in [0.1, 0.15) is 78.6 Å². The average Bonchev–Trinajstić information content (AvgIpc) is 2.41. The second-order valence-electron chi connectivity index (χ2n) is 8.03. The zero-order valence-corrected chi connectivity index (χ0v) is 14.1. The topological polar surface area (TPSA) is 15.3 Å². The first-order valence-electron chi connectivity index (χ1n) is 9.05. The summed E-state index contributed by atoms with van der Waals surface area (Å²) in [5, 5.41) is 3.59. The van der Waals surface area contributed by atoms with Gasteiger partial charge in [-0.25, -0.2) is 0 Å². The van der Waals surface area contributed by atoms with Gasteiger partial charge in [-0.3, -0.25) is 0 Å². The van der Waals surface area contributed by atoms with Gasteiger partial charge in [0.2, 0.25) is 0 Å². The first-order valence-corrected chi connectivity index (χ1v) is 9.05. The van der Waals surface area contributed by atoms with Crippen LogP contribution in [-0.4, -0.2) is 36.1 Å². The molecule has 2 heteroatoms. The van der Waals surface area contributed by atoms with Gasteiger partial charge in [-0.1, -0.05) is 19.3 Å². The largest absolute Gasteiger partial charge is 0.312 e. The summed E-state index contributed by atoms with van der Waals surface area (Å²) in [5.74, 6) is 1.04. The fraction of sp³-hybridized carbons (Fsp3) is 1.00. The van der Waals surface area contributed by atoms with E-state index in [2.05, 4.69) is 31.0 Å². The lowest BCUT2D eigenvalue weighted by atomic mass is 9.78. The van der Waals surface area contributed by atoms with E-state index in [9.17, 15) is 0 Å². The highest BCUT2D eigenvalue weighted by Crippen LogP contribution is 2.35. The Morgan fingerprint density at radius 1 is 0.950 bits per heavy atom. The Hall–Kier alpha value is -0.0800. The van der Waals surface area contributed by atoms with Crippen molar-refractivity contribution < 1.29 is 0 Å². The molecular formula is C18H36N2. The Morgan fingerprint density at radius 2 is 1.70 bits per heavy atom. The van der Waals surface area contributed by atoms with Crippen molar-refractivity contribution in [3.8, 4) is 0 Å². The van der Waals surface area contributed by atoms with Crippen LogP contribution in [-0.2, 0) is 0 Å². The maximum absolute atomic E-state index is 3.59. The monoisotopic (exact) mass is 280 g/mol. The molecule has 1 aliphatic carbocycles. The maximum Gasteiger partial charge on any atom is 0.0123 e. The van der Waals surface area contributed by atoms with E-state index in [0.717, 1.165) is 12.0 Å².